The first kappa shape index (κ1) is 17.5. The monoisotopic (exact) mass is 316 g/mol. The van der Waals surface area contributed by atoms with Gasteiger partial charge in [-0.25, -0.2) is 0 Å². The molecule has 1 aliphatic heterocycles. The second-order valence-electron chi connectivity index (χ2n) is 6.64. The Kier molecular flexibility index (Phi) is 6.20. The molecule has 1 aromatic rings. The fourth-order valence-corrected chi connectivity index (χ4v) is 3.11. The van der Waals surface area contributed by atoms with Gasteiger partial charge in [0.1, 0.15) is 0 Å². The SMILES string of the molecule is CCCC(=O)N1CCC(C(=O)Nc2ccccc2C(C)C)CC1. The highest BCUT2D eigenvalue weighted by Crippen LogP contribution is 2.26. The maximum Gasteiger partial charge on any atom is 0.227 e. The second-order valence-corrected chi connectivity index (χ2v) is 6.64. The molecule has 1 fully saturated rings. The van der Waals surface area contributed by atoms with Crippen LogP contribution in [-0.4, -0.2) is 29.8 Å². The number of piperidine rings is 1. The minimum Gasteiger partial charge on any atom is -0.343 e. The van der Waals surface area contributed by atoms with E-state index in [1.807, 2.05) is 30.0 Å². The summed E-state index contributed by atoms with van der Waals surface area (Å²) in [5.41, 5.74) is 2.08. The Morgan fingerprint density at radius 2 is 1.87 bits per heavy atom. The highest BCUT2D eigenvalue weighted by molar-refractivity contribution is 5.93. The normalized spacial score (nSPS) is 15.7. The van der Waals surface area contributed by atoms with Crippen LogP contribution in [0.3, 0.4) is 0 Å². The van der Waals surface area contributed by atoms with Gasteiger partial charge in [0.25, 0.3) is 0 Å². The van der Waals surface area contributed by atoms with Crippen LogP contribution < -0.4 is 5.32 Å². The van der Waals surface area contributed by atoms with E-state index in [0.717, 1.165) is 30.5 Å². The smallest absolute Gasteiger partial charge is 0.227 e. The molecule has 2 amide bonds. The van der Waals surface area contributed by atoms with Gasteiger partial charge in [0.05, 0.1) is 0 Å². The van der Waals surface area contributed by atoms with Gasteiger partial charge in [-0.2, -0.15) is 0 Å². The summed E-state index contributed by atoms with van der Waals surface area (Å²) < 4.78 is 0. The van der Waals surface area contributed by atoms with Crippen LogP contribution in [0.5, 0.6) is 0 Å². The maximum atomic E-state index is 12.5. The summed E-state index contributed by atoms with van der Waals surface area (Å²) in [6.45, 7) is 7.67. The van der Waals surface area contributed by atoms with Gasteiger partial charge in [-0.05, 0) is 36.8 Å². The number of amides is 2. The summed E-state index contributed by atoms with van der Waals surface area (Å²) in [5.74, 6) is 0.679. The zero-order valence-electron chi connectivity index (χ0n) is 14.5. The summed E-state index contributed by atoms with van der Waals surface area (Å²) in [6.07, 6.45) is 3.00. The summed E-state index contributed by atoms with van der Waals surface area (Å²) in [7, 11) is 0. The molecule has 0 aliphatic carbocycles. The molecule has 0 unspecified atom stereocenters. The second kappa shape index (κ2) is 8.14. The van der Waals surface area contributed by atoms with Crippen molar-refractivity contribution in [1.29, 1.82) is 0 Å². The number of hydrogen-bond acceptors (Lipinski definition) is 2. The lowest BCUT2D eigenvalue weighted by Crippen LogP contribution is -2.41. The van der Waals surface area contributed by atoms with Crippen molar-refractivity contribution in [3.63, 3.8) is 0 Å². The molecule has 126 valence electrons. The van der Waals surface area contributed by atoms with Crippen molar-refractivity contribution in [1.82, 2.24) is 4.90 Å². The van der Waals surface area contributed by atoms with Crippen molar-refractivity contribution in [3.05, 3.63) is 29.8 Å². The van der Waals surface area contributed by atoms with Crippen LogP contribution in [0.15, 0.2) is 24.3 Å². The zero-order chi connectivity index (χ0) is 16.8. The molecule has 0 bridgehead atoms. The number of hydrogen-bond donors (Lipinski definition) is 1. The number of carbonyl (C=O) groups excluding carboxylic acids is 2. The van der Waals surface area contributed by atoms with E-state index < -0.39 is 0 Å². The first-order chi connectivity index (χ1) is 11.0. The third-order valence-electron chi connectivity index (χ3n) is 4.52. The molecule has 1 saturated heterocycles. The minimum absolute atomic E-state index is 0.000829. The van der Waals surface area contributed by atoms with Crippen LogP contribution in [-0.2, 0) is 9.59 Å². The average molecular weight is 316 g/mol. The molecule has 23 heavy (non-hydrogen) atoms. The van der Waals surface area contributed by atoms with E-state index in [9.17, 15) is 9.59 Å². The average Bonchev–Trinajstić information content (AvgIpc) is 2.55. The first-order valence-corrected chi connectivity index (χ1v) is 8.70. The molecular weight excluding hydrogens is 288 g/mol. The van der Waals surface area contributed by atoms with Crippen molar-refractivity contribution in [2.75, 3.05) is 18.4 Å². The van der Waals surface area contributed by atoms with Crippen LogP contribution in [0, 0.1) is 5.92 Å². The fraction of sp³-hybridized carbons (Fsp3) is 0.579. The van der Waals surface area contributed by atoms with Crippen molar-refractivity contribution in [2.24, 2.45) is 5.92 Å². The molecule has 0 aromatic heterocycles. The number of nitrogens with zero attached hydrogens (tertiary/aromatic N) is 1. The molecule has 0 saturated carbocycles. The lowest BCUT2D eigenvalue weighted by molar-refractivity contribution is -0.134. The number of benzene rings is 1. The van der Waals surface area contributed by atoms with Crippen LogP contribution in [0.25, 0.3) is 0 Å². The molecule has 0 radical (unpaired) electrons. The van der Waals surface area contributed by atoms with Crippen molar-refractivity contribution < 1.29 is 9.59 Å². The van der Waals surface area contributed by atoms with Crippen molar-refractivity contribution in [3.8, 4) is 0 Å². The summed E-state index contributed by atoms with van der Waals surface area (Å²) in [6, 6.07) is 7.98. The van der Waals surface area contributed by atoms with Gasteiger partial charge >= 0.3 is 0 Å². The number of para-hydroxylation sites is 1. The Labute approximate surface area is 139 Å². The molecule has 1 heterocycles. The molecule has 2 rings (SSSR count). The topological polar surface area (TPSA) is 49.4 Å². The molecule has 1 aliphatic rings. The maximum absolute atomic E-state index is 12.5. The Bertz CT molecular complexity index is 546. The summed E-state index contributed by atoms with van der Waals surface area (Å²) in [5, 5.41) is 3.09. The van der Waals surface area contributed by atoms with E-state index >= 15 is 0 Å². The number of rotatable bonds is 5. The van der Waals surface area contributed by atoms with Crippen LogP contribution in [0.4, 0.5) is 5.69 Å². The zero-order valence-corrected chi connectivity index (χ0v) is 14.5. The van der Waals surface area contributed by atoms with Gasteiger partial charge in [0.2, 0.25) is 11.8 Å². The van der Waals surface area contributed by atoms with E-state index in [1.165, 1.54) is 0 Å². The number of carbonyl (C=O) groups is 2. The third-order valence-corrected chi connectivity index (χ3v) is 4.52. The Morgan fingerprint density at radius 1 is 1.22 bits per heavy atom. The van der Waals surface area contributed by atoms with Crippen molar-refractivity contribution in [2.45, 2.75) is 52.4 Å². The Morgan fingerprint density at radius 3 is 2.48 bits per heavy atom. The molecule has 0 atom stereocenters. The van der Waals surface area contributed by atoms with Crippen LogP contribution in [0.2, 0.25) is 0 Å². The number of anilines is 1. The van der Waals surface area contributed by atoms with E-state index in [-0.39, 0.29) is 17.7 Å². The first-order valence-electron chi connectivity index (χ1n) is 8.70. The minimum atomic E-state index is 0.000829. The van der Waals surface area contributed by atoms with Gasteiger partial charge in [-0.1, -0.05) is 39.0 Å². The number of likely N-dealkylation sites (tertiary alicyclic amines) is 1. The van der Waals surface area contributed by atoms with E-state index in [4.69, 9.17) is 0 Å². The number of nitrogens with one attached hydrogen (secondary N) is 1. The highest BCUT2D eigenvalue weighted by atomic mass is 16.2. The van der Waals surface area contributed by atoms with Gasteiger partial charge < -0.3 is 10.2 Å². The third kappa shape index (κ3) is 4.57. The van der Waals surface area contributed by atoms with E-state index in [2.05, 4.69) is 25.2 Å². The van der Waals surface area contributed by atoms with Gasteiger partial charge in [-0.3, -0.25) is 9.59 Å². The van der Waals surface area contributed by atoms with Gasteiger partial charge in [0, 0.05) is 31.1 Å². The lowest BCUT2D eigenvalue weighted by atomic mass is 9.94. The Hall–Kier alpha value is -1.84. The molecule has 1 aromatic carbocycles. The van der Waals surface area contributed by atoms with Crippen LogP contribution in [0.1, 0.15) is 57.9 Å². The van der Waals surface area contributed by atoms with Crippen LogP contribution >= 0.6 is 0 Å². The molecule has 4 nitrogen and oxygen atoms in total. The van der Waals surface area contributed by atoms with Gasteiger partial charge in [0.15, 0.2) is 0 Å². The summed E-state index contributed by atoms with van der Waals surface area (Å²) >= 11 is 0. The predicted octanol–water partition coefficient (Wildman–Crippen LogP) is 3.79. The Balaban J connectivity index is 1.92. The van der Waals surface area contributed by atoms with Crippen molar-refractivity contribution >= 4 is 17.5 Å². The highest BCUT2D eigenvalue weighted by Gasteiger charge is 2.27. The lowest BCUT2D eigenvalue weighted by Gasteiger charge is -2.31. The molecular formula is C19H28N2O2. The summed E-state index contributed by atoms with van der Waals surface area (Å²) in [4.78, 5) is 26.3. The molecule has 0 spiro atoms. The quantitative estimate of drug-likeness (QED) is 0.898. The van der Waals surface area contributed by atoms with Gasteiger partial charge in [-0.15, -0.1) is 0 Å². The fourth-order valence-electron chi connectivity index (χ4n) is 3.11. The molecule has 4 heteroatoms. The molecule has 1 N–H and O–H groups in total. The predicted molar refractivity (Wildman–Crippen MR) is 93.4 cm³/mol. The van der Waals surface area contributed by atoms with E-state index in [0.29, 0.717) is 25.4 Å². The standard InChI is InChI=1S/C19H28N2O2/c1-4-7-18(22)21-12-10-15(11-13-21)19(23)20-17-9-6-5-8-16(17)14(2)3/h5-6,8-9,14-15H,4,7,10-13H2,1-3H3,(H,20,23). The largest absolute Gasteiger partial charge is 0.343 e. The van der Waals surface area contributed by atoms with E-state index in [1.54, 1.807) is 0 Å².